The van der Waals surface area contributed by atoms with Crippen LogP contribution in [-0.2, 0) is 0 Å². The molecule has 0 amide bonds. The summed E-state index contributed by atoms with van der Waals surface area (Å²) >= 11 is 6.55. The standard InChI is InChI=1S/C24H22ClN/c25-22-13-7-12-19-21-15-18(16-8-3-1-4-9-16)14-20(23(21)26-24(19)22)17-10-5-2-6-11-17/h1-13,18-20,24,26H,14-15H2. The van der Waals surface area contributed by atoms with Gasteiger partial charge in [-0.1, -0.05) is 84.4 Å². The zero-order valence-corrected chi connectivity index (χ0v) is 15.4. The van der Waals surface area contributed by atoms with Gasteiger partial charge in [-0.2, -0.15) is 0 Å². The van der Waals surface area contributed by atoms with Crippen molar-refractivity contribution < 1.29 is 0 Å². The van der Waals surface area contributed by atoms with Crippen molar-refractivity contribution in [1.29, 1.82) is 0 Å². The Labute approximate surface area is 160 Å². The molecule has 0 fully saturated rings. The maximum Gasteiger partial charge on any atom is 0.0718 e. The van der Waals surface area contributed by atoms with E-state index in [9.17, 15) is 0 Å². The SMILES string of the molecule is ClC1=CC=CC2C3=C(NC12)C(c1ccccc1)CC(c1ccccc1)C3. The van der Waals surface area contributed by atoms with Crippen LogP contribution in [0.5, 0.6) is 0 Å². The van der Waals surface area contributed by atoms with Crippen LogP contribution in [0.2, 0.25) is 0 Å². The van der Waals surface area contributed by atoms with Crippen molar-refractivity contribution in [3.05, 3.63) is 106 Å². The number of hydrogen-bond acceptors (Lipinski definition) is 1. The van der Waals surface area contributed by atoms with Crippen LogP contribution in [0.1, 0.15) is 35.8 Å². The molecule has 26 heavy (non-hydrogen) atoms. The Bertz CT molecular complexity index is 894. The van der Waals surface area contributed by atoms with Gasteiger partial charge in [0, 0.05) is 22.6 Å². The van der Waals surface area contributed by atoms with E-state index in [1.807, 2.05) is 6.08 Å². The molecule has 4 atom stereocenters. The molecule has 1 aliphatic heterocycles. The van der Waals surface area contributed by atoms with E-state index in [2.05, 4.69) is 78.1 Å². The van der Waals surface area contributed by atoms with Gasteiger partial charge < -0.3 is 5.32 Å². The summed E-state index contributed by atoms with van der Waals surface area (Å²) in [5, 5.41) is 4.72. The lowest BCUT2D eigenvalue weighted by Crippen LogP contribution is -2.30. The predicted octanol–water partition coefficient (Wildman–Crippen LogP) is 5.88. The Balaban J connectivity index is 1.58. The fraction of sp³-hybridized carbons (Fsp3) is 0.250. The van der Waals surface area contributed by atoms with Gasteiger partial charge in [-0.3, -0.25) is 0 Å². The van der Waals surface area contributed by atoms with Gasteiger partial charge in [-0.05, 0) is 41.5 Å². The monoisotopic (exact) mass is 359 g/mol. The van der Waals surface area contributed by atoms with Crippen LogP contribution in [-0.4, -0.2) is 6.04 Å². The highest BCUT2D eigenvalue weighted by Crippen LogP contribution is 2.51. The lowest BCUT2D eigenvalue weighted by atomic mass is 9.72. The Hall–Kier alpha value is -2.25. The molecule has 0 radical (unpaired) electrons. The van der Waals surface area contributed by atoms with Crippen molar-refractivity contribution in [3.63, 3.8) is 0 Å². The van der Waals surface area contributed by atoms with Crippen LogP contribution in [0.3, 0.4) is 0 Å². The second-order valence-corrected chi connectivity index (χ2v) is 7.97. The number of hydrogen-bond donors (Lipinski definition) is 1. The van der Waals surface area contributed by atoms with Gasteiger partial charge in [0.2, 0.25) is 0 Å². The first-order chi connectivity index (χ1) is 12.8. The smallest absolute Gasteiger partial charge is 0.0718 e. The molecule has 1 nitrogen and oxygen atoms in total. The van der Waals surface area contributed by atoms with Gasteiger partial charge in [0.15, 0.2) is 0 Å². The van der Waals surface area contributed by atoms with E-state index in [1.54, 1.807) is 5.57 Å². The molecule has 0 bridgehead atoms. The zero-order valence-electron chi connectivity index (χ0n) is 14.6. The van der Waals surface area contributed by atoms with Gasteiger partial charge in [-0.25, -0.2) is 0 Å². The molecule has 0 saturated carbocycles. The summed E-state index contributed by atoms with van der Waals surface area (Å²) in [6.45, 7) is 0. The lowest BCUT2D eigenvalue weighted by Gasteiger charge is -2.32. The van der Waals surface area contributed by atoms with Crippen molar-refractivity contribution in [2.24, 2.45) is 5.92 Å². The van der Waals surface area contributed by atoms with Gasteiger partial charge in [0.05, 0.1) is 6.04 Å². The molecular weight excluding hydrogens is 338 g/mol. The Morgan fingerprint density at radius 2 is 1.58 bits per heavy atom. The second-order valence-electron chi connectivity index (χ2n) is 7.53. The summed E-state index contributed by atoms with van der Waals surface area (Å²) < 4.78 is 0. The summed E-state index contributed by atoms with van der Waals surface area (Å²) in [6, 6.07) is 22.1. The van der Waals surface area contributed by atoms with Crippen LogP contribution in [0.15, 0.2) is 95.2 Å². The van der Waals surface area contributed by atoms with Crippen molar-refractivity contribution in [1.82, 2.24) is 5.32 Å². The maximum atomic E-state index is 6.55. The van der Waals surface area contributed by atoms with E-state index in [-0.39, 0.29) is 6.04 Å². The van der Waals surface area contributed by atoms with Crippen LogP contribution in [0.4, 0.5) is 0 Å². The normalized spacial score (nSPS) is 29.7. The molecule has 1 N–H and O–H groups in total. The Kier molecular flexibility index (Phi) is 3.98. The lowest BCUT2D eigenvalue weighted by molar-refractivity contribution is 0.514. The quantitative estimate of drug-likeness (QED) is 0.705. The molecule has 2 aromatic carbocycles. The molecule has 2 aliphatic carbocycles. The van der Waals surface area contributed by atoms with Gasteiger partial charge in [-0.15, -0.1) is 0 Å². The number of allylic oxidation sites excluding steroid dienone is 3. The van der Waals surface area contributed by atoms with E-state index in [4.69, 9.17) is 11.6 Å². The molecule has 0 aromatic heterocycles. The molecule has 130 valence electrons. The van der Waals surface area contributed by atoms with Crippen LogP contribution < -0.4 is 5.32 Å². The van der Waals surface area contributed by atoms with Crippen molar-refractivity contribution in [2.75, 3.05) is 0 Å². The highest BCUT2D eigenvalue weighted by molar-refractivity contribution is 6.30. The number of fused-ring (bicyclic) bond motifs is 2. The van der Waals surface area contributed by atoms with Crippen molar-refractivity contribution in [3.8, 4) is 0 Å². The zero-order chi connectivity index (χ0) is 17.5. The molecule has 3 aliphatic rings. The third-order valence-electron chi connectivity index (χ3n) is 6.10. The first kappa shape index (κ1) is 16.0. The minimum atomic E-state index is 0.215. The highest BCUT2D eigenvalue weighted by Gasteiger charge is 2.42. The van der Waals surface area contributed by atoms with Crippen LogP contribution in [0.25, 0.3) is 0 Å². The summed E-state index contributed by atoms with van der Waals surface area (Å²) in [5.41, 5.74) is 5.81. The first-order valence-corrected chi connectivity index (χ1v) is 9.82. The fourth-order valence-electron chi connectivity index (χ4n) is 4.86. The molecule has 1 heterocycles. The first-order valence-electron chi connectivity index (χ1n) is 9.44. The molecule has 4 unspecified atom stereocenters. The highest BCUT2D eigenvalue weighted by atomic mass is 35.5. The summed E-state index contributed by atoms with van der Waals surface area (Å²) in [4.78, 5) is 0. The minimum absolute atomic E-state index is 0.215. The van der Waals surface area contributed by atoms with Crippen LogP contribution in [0, 0.1) is 5.92 Å². The number of nitrogens with one attached hydrogen (secondary N) is 1. The van der Waals surface area contributed by atoms with Crippen molar-refractivity contribution in [2.45, 2.75) is 30.7 Å². The number of halogens is 1. The topological polar surface area (TPSA) is 12.0 Å². The van der Waals surface area contributed by atoms with Crippen molar-refractivity contribution >= 4 is 11.6 Å². The van der Waals surface area contributed by atoms with E-state index in [0.717, 1.165) is 17.9 Å². The molecule has 2 aromatic rings. The predicted molar refractivity (Wildman–Crippen MR) is 108 cm³/mol. The molecule has 2 heteroatoms. The molecule has 0 spiro atoms. The van der Waals surface area contributed by atoms with Crippen LogP contribution >= 0.6 is 11.6 Å². The average molecular weight is 360 g/mol. The molecule has 0 saturated heterocycles. The largest absolute Gasteiger partial charge is 0.379 e. The maximum absolute atomic E-state index is 6.55. The summed E-state index contributed by atoms with van der Waals surface area (Å²) in [7, 11) is 0. The number of benzene rings is 2. The second kappa shape index (κ2) is 6.48. The Morgan fingerprint density at radius 1 is 0.885 bits per heavy atom. The minimum Gasteiger partial charge on any atom is -0.379 e. The molecule has 5 rings (SSSR count). The van der Waals surface area contributed by atoms with Gasteiger partial charge in [0.1, 0.15) is 0 Å². The average Bonchev–Trinajstić information content (AvgIpc) is 3.09. The van der Waals surface area contributed by atoms with Gasteiger partial charge in [0.25, 0.3) is 0 Å². The van der Waals surface area contributed by atoms with E-state index >= 15 is 0 Å². The third-order valence-corrected chi connectivity index (χ3v) is 6.46. The van der Waals surface area contributed by atoms with E-state index in [1.165, 1.54) is 16.8 Å². The van der Waals surface area contributed by atoms with E-state index < -0.39 is 0 Å². The number of rotatable bonds is 2. The Morgan fingerprint density at radius 3 is 2.31 bits per heavy atom. The summed E-state index contributed by atoms with van der Waals surface area (Å²) in [6.07, 6.45) is 8.72. The fourth-order valence-corrected chi connectivity index (χ4v) is 5.12. The summed E-state index contributed by atoms with van der Waals surface area (Å²) in [5.74, 6) is 1.35. The molecular formula is C24H22ClN. The van der Waals surface area contributed by atoms with Gasteiger partial charge >= 0.3 is 0 Å². The van der Waals surface area contributed by atoms with E-state index in [0.29, 0.717) is 17.8 Å². The third kappa shape index (κ3) is 2.62.